The highest BCUT2D eigenvalue weighted by Crippen LogP contribution is 2.35. The van der Waals surface area contributed by atoms with E-state index in [2.05, 4.69) is 39.9 Å². The number of aliphatic hydroxyl groups excluding tert-OH is 1. The first-order chi connectivity index (χ1) is 12.3. The lowest BCUT2D eigenvalue weighted by atomic mass is 9.86. The zero-order chi connectivity index (χ0) is 16.8. The Labute approximate surface area is 149 Å². The van der Waals surface area contributed by atoms with Crippen molar-refractivity contribution in [2.75, 3.05) is 13.1 Å². The Morgan fingerprint density at radius 1 is 1.00 bits per heavy atom. The molecule has 3 fully saturated rings. The van der Waals surface area contributed by atoms with Crippen LogP contribution in [0.2, 0.25) is 0 Å². The van der Waals surface area contributed by atoms with Crippen molar-refractivity contribution < 1.29 is 9.84 Å². The van der Waals surface area contributed by atoms with E-state index in [4.69, 9.17) is 4.74 Å². The fourth-order valence-corrected chi connectivity index (χ4v) is 4.43. The van der Waals surface area contributed by atoms with Gasteiger partial charge in [0.2, 0.25) is 0 Å². The van der Waals surface area contributed by atoms with Crippen LogP contribution in [-0.4, -0.2) is 45.9 Å². The molecular weight excluding hydrogens is 312 g/mol. The highest BCUT2D eigenvalue weighted by molar-refractivity contribution is 5.86. The smallest absolute Gasteiger partial charge is 0.129 e. The highest BCUT2D eigenvalue weighted by Gasteiger charge is 2.36. The Morgan fingerprint density at radius 2 is 1.84 bits per heavy atom. The quantitative estimate of drug-likeness (QED) is 0.906. The number of aromatic nitrogens is 1. The second-order valence-corrected chi connectivity index (χ2v) is 8.17. The van der Waals surface area contributed by atoms with E-state index >= 15 is 0 Å². The summed E-state index contributed by atoms with van der Waals surface area (Å²) < 4.78 is 8.80. The number of ether oxygens (including phenoxy) is 1. The number of nitrogens with zero attached hydrogens (tertiary/aromatic N) is 2. The summed E-state index contributed by atoms with van der Waals surface area (Å²) >= 11 is 0. The predicted octanol–water partition coefficient (Wildman–Crippen LogP) is 3.42. The summed E-state index contributed by atoms with van der Waals surface area (Å²) in [7, 11) is 0. The Balaban J connectivity index is 1.26. The zero-order valence-electron chi connectivity index (χ0n) is 14.8. The molecule has 1 aliphatic heterocycles. The topological polar surface area (TPSA) is 37.6 Å². The van der Waals surface area contributed by atoms with Gasteiger partial charge in [0.25, 0.3) is 0 Å². The van der Waals surface area contributed by atoms with Gasteiger partial charge in [0.05, 0.1) is 11.6 Å². The number of benzene rings is 1. The van der Waals surface area contributed by atoms with Crippen LogP contribution in [0.1, 0.15) is 38.5 Å². The third-order valence-corrected chi connectivity index (χ3v) is 6.37. The van der Waals surface area contributed by atoms with E-state index in [1.807, 2.05) is 0 Å². The van der Waals surface area contributed by atoms with Gasteiger partial charge in [0, 0.05) is 37.3 Å². The molecule has 2 atom stereocenters. The van der Waals surface area contributed by atoms with Crippen LogP contribution in [0.3, 0.4) is 0 Å². The van der Waals surface area contributed by atoms with E-state index in [0.29, 0.717) is 12.1 Å². The Morgan fingerprint density at radius 3 is 2.52 bits per heavy atom. The molecule has 4 nitrogen and oxygen atoms in total. The maximum atomic E-state index is 9.87. The minimum atomic E-state index is -0.0996. The van der Waals surface area contributed by atoms with Gasteiger partial charge in [-0.3, -0.25) is 4.90 Å². The Bertz CT molecular complexity index is 743. The molecule has 2 aromatic rings. The second-order valence-electron chi connectivity index (χ2n) is 8.17. The van der Waals surface area contributed by atoms with E-state index in [1.165, 1.54) is 23.7 Å². The van der Waals surface area contributed by atoms with Gasteiger partial charge in [0.15, 0.2) is 0 Å². The van der Waals surface area contributed by atoms with Gasteiger partial charge in [-0.15, -0.1) is 0 Å². The fraction of sp³-hybridized carbons (Fsp3) is 0.619. The van der Waals surface area contributed by atoms with Gasteiger partial charge in [-0.1, -0.05) is 6.07 Å². The van der Waals surface area contributed by atoms with Crippen molar-refractivity contribution in [1.29, 1.82) is 0 Å². The van der Waals surface area contributed by atoms with Crippen LogP contribution in [0.15, 0.2) is 30.5 Å². The number of hydrogen-bond donors (Lipinski definition) is 1. The van der Waals surface area contributed by atoms with Crippen LogP contribution < -0.4 is 4.74 Å². The lowest BCUT2D eigenvalue weighted by Crippen LogP contribution is -2.54. The van der Waals surface area contributed by atoms with Crippen molar-refractivity contribution in [2.45, 2.75) is 63.3 Å². The molecule has 134 valence electrons. The second kappa shape index (κ2) is 6.33. The first kappa shape index (κ1) is 15.7. The van der Waals surface area contributed by atoms with Gasteiger partial charge in [-0.25, -0.2) is 0 Å². The third-order valence-electron chi connectivity index (χ3n) is 6.37. The van der Waals surface area contributed by atoms with E-state index < -0.39 is 0 Å². The van der Waals surface area contributed by atoms with E-state index in [0.717, 1.165) is 57.0 Å². The lowest BCUT2D eigenvalue weighted by molar-refractivity contribution is -0.0406. The number of likely N-dealkylation sites (tertiary alicyclic amines) is 1. The minimum Gasteiger partial charge on any atom is -0.490 e. The van der Waals surface area contributed by atoms with Crippen molar-refractivity contribution in [1.82, 2.24) is 9.47 Å². The van der Waals surface area contributed by atoms with Gasteiger partial charge >= 0.3 is 0 Å². The Kier molecular flexibility index (Phi) is 3.98. The summed E-state index contributed by atoms with van der Waals surface area (Å²) in [5.74, 6) is 1.92. The van der Waals surface area contributed by atoms with Crippen molar-refractivity contribution in [2.24, 2.45) is 5.92 Å². The summed E-state index contributed by atoms with van der Waals surface area (Å²) in [5, 5.41) is 11.1. The first-order valence-electron chi connectivity index (χ1n) is 9.94. The molecule has 4 heteroatoms. The standard InChI is InChI=1S/C21H28N2O2/c24-20-7-6-19(20)22-11-8-16(9-12-22)25-21-3-1-2-18-17(21)10-13-23(18)14-15-4-5-15/h1-3,10,13,15-16,19-20,24H,4-9,11-12,14H2. The molecule has 1 aromatic carbocycles. The molecule has 0 radical (unpaired) electrons. The van der Waals surface area contributed by atoms with E-state index in [-0.39, 0.29) is 6.10 Å². The van der Waals surface area contributed by atoms with Crippen molar-refractivity contribution in [3.05, 3.63) is 30.5 Å². The summed E-state index contributed by atoms with van der Waals surface area (Å²) in [6.45, 7) is 3.24. The van der Waals surface area contributed by atoms with Crippen molar-refractivity contribution >= 4 is 10.9 Å². The molecular formula is C21H28N2O2. The number of fused-ring (bicyclic) bond motifs is 1. The van der Waals surface area contributed by atoms with E-state index in [1.54, 1.807) is 0 Å². The Hall–Kier alpha value is -1.52. The SMILES string of the molecule is OC1CCC1N1CCC(Oc2cccc3c2ccn3CC2CC2)CC1. The summed E-state index contributed by atoms with van der Waals surface area (Å²) in [6.07, 6.45) is 9.42. The molecule has 5 rings (SSSR count). The molecule has 2 unspecified atom stereocenters. The molecule has 2 saturated carbocycles. The van der Waals surface area contributed by atoms with Gasteiger partial charge in [-0.2, -0.15) is 0 Å². The lowest BCUT2D eigenvalue weighted by Gasteiger charge is -2.44. The maximum absolute atomic E-state index is 9.87. The van der Waals surface area contributed by atoms with E-state index in [9.17, 15) is 5.11 Å². The molecule has 0 amide bonds. The summed E-state index contributed by atoms with van der Waals surface area (Å²) in [4.78, 5) is 2.46. The molecule has 1 saturated heterocycles. The normalized spacial score (nSPS) is 28.2. The molecule has 25 heavy (non-hydrogen) atoms. The number of aliphatic hydroxyl groups is 1. The first-order valence-corrected chi connectivity index (χ1v) is 9.94. The fourth-order valence-electron chi connectivity index (χ4n) is 4.43. The molecule has 2 heterocycles. The number of rotatable bonds is 5. The van der Waals surface area contributed by atoms with Crippen LogP contribution in [0.5, 0.6) is 5.75 Å². The number of piperidine rings is 1. The molecule has 2 aliphatic carbocycles. The van der Waals surface area contributed by atoms with Crippen molar-refractivity contribution in [3.63, 3.8) is 0 Å². The monoisotopic (exact) mass is 340 g/mol. The van der Waals surface area contributed by atoms with Crippen LogP contribution >= 0.6 is 0 Å². The van der Waals surface area contributed by atoms with Gasteiger partial charge in [-0.05, 0) is 62.6 Å². The average molecular weight is 340 g/mol. The zero-order valence-corrected chi connectivity index (χ0v) is 14.8. The summed E-state index contributed by atoms with van der Waals surface area (Å²) in [6, 6.07) is 9.08. The molecule has 1 N–H and O–H groups in total. The van der Waals surface area contributed by atoms with Crippen LogP contribution in [0, 0.1) is 5.92 Å². The third kappa shape index (κ3) is 3.06. The molecule has 1 aromatic heterocycles. The van der Waals surface area contributed by atoms with Gasteiger partial charge in [0.1, 0.15) is 11.9 Å². The minimum absolute atomic E-state index is 0.0996. The average Bonchev–Trinajstić information content (AvgIpc) is 3.34. The summed E-state index contributed by atoms with van der Waals surface area (Å²) in [5.41, 5.74) is 1.31. The van der Waals surface area contributed by atoms with Crippen LogP contribution in [0.25, 0.3) is 10.9 Å². The largest absolute Gasteiger partial charge is 0.490 e. The van der Waals surface area contributed by atoms with Gasteiger partial charge < -0.3 is 14.4 Å². The molecule has 0 bridgehead atoms. The molecule has 3 aliphatic rings. The van der Waals surface area contributed by atoms with Crippen molar-refractivity contribution in [3.8, 4) is 5.75 Å². The maximum Gasteiger partial charge on any atom is 0.129 e. The predicted molar refractivity (Wildman–Crippen MR) is 98.9 cm³/mol. The number of hydrogen-bond acceptors (Lipinski definition) is 3. The highest BCUT2D eigenvalue weighted by atomic mass is 16.5. The van der Waals surface area contributed by atoms with Crippen LogP contribution in [-0.2, 0) is 6.54 Å². The van der Waals surface area contributed by atoms with Crippen LogP contribution in [0.4, 0.5) is 0 Å². The molecule has 0 spiro atoms.